The third-order valence-corrected chi connectivity index (χ3v) is 5.59. The smallest absolute Gasteiger partial charge is 0.208 e. The maximum absolute atomic E-state index is 12.2. The van der Waals surface area contributed by atoms with E-state index >= 15 is 0 Å². The molecule has 0 saturated heterocycles. The molecule has 18 heavy (non-hydrogen) atoms. The number of benzene rings is 1. The van der Waals surface area contributed by atoms with Crippen LogP contribution < -0.4 is 4.72 Å². The second-order valence-corrected chi connectivity index (χ2v) is 7.69. The summed E-state index contributed by atoms with van der Waals surface area (Å²) >= 11 is 6.58. The number of rotatable bonds is 6. The number of hydrogen-bond acceptors (Lipinski definition) is 2. The molecule has 0 aliphatic carbocycles. The van der Waals surface area contributed by atoms with Crippen molar-refractivity contribution in [3.05, 3.63) is 27.1 Å². The first kappa shape index (κ1) is 16.1. The fourth-order valence-corrected chi connectivity index (χ4v) is 4.61. The van der Waals surface area contributed by atoms with Crippen LogP contribution in [0.25, 0.3) is 0 Å². The summed E-state index contributed by atoms with van der Waals surface area (Å²) in [5.74, 6) is 0. The summed E-state index contributed by atoms with van der Waals surface area (Å²) in [7, 11) is -3.46. The van der Waals surface area contributed by atoms with Crippen molar-refractivity contribution in [1.82, 2.24) is 4.72 Å². The van der Waals surface area contributed by atoms with Crippen molar-refractivity contribution < 1.29 is 8.42 Å². The van der Waals surface area contributed by atoms with E-state index in [2.05, 4.69) is 43.5 Å². The second-order valence-electron chi connectivity index (χ2n) is 4.24. The van der Waals surface area contributed by atoms with Crippen molar-refractivity contribution >= 4 is 41.9 Å². The maximum Gasteiger partial charge on any atom is 0.241 e. The molecular weight excluding hydrogens is 382 g/mol. The van der Waals surface area contributed by atoms with Crippen molar-refractivity contribution in [2.24, 2.45) is 0 Å². The summed E-state index contributed by atoms with van der Waals surface area (Å²) < 4.78 is 28.5. The molecule has 0 aliphatic heterocycles. The summed E-state index contributed by atoms with van der Waals surface area (Å²) in [6.45, 7) is 3.98. The van der Waals surface area contributed by atoms with Gasteiger partial charge in [0, 0.05) is 15.0 Å². The van der Waals surface area contributed by atoms with Crippen molar-refractivity contribution in [2.75, 3.05) is 0 Å². The molecule has 0 spiro atoms. The fourth-order valence-electron chi connectivity index (χ4n) is 1.59. The van der Waals surface area contributed by atoms with Gasteiger partial charge in [0.05, 0.1) is 4.90 Å². The molecule has 0 fully saturated rings. The molecule has 1 aromatic carbocycles. The minimum Gasteiger partial charge on any atom is -0.208 e. The van der Waals surface area contributed by atoms with Crippen molar-refractivity contribution in [1.29, 1.82) is 0 Å². The molecule has 0 aromatic heterocycles. The number of halogens is 2. The Hall–Kier alpha value is 0.0900. The van der Waals surface area contributed by atoms with E-state index in [1.165, 1.54) is 0 Å². The quantitative estimate of drug-likeness (QED) is 0.784. The highest BCUT2D eigenvalue weighted by Gasteiger charge is 2.19. The first-order valence-electron chi connectivity index (χ1n) is 5.84. The number of nitrogens with one attached hydrogen (secondary N) is 1. The number of hydrogen-bond donors (Lipinski definition) is 1. The first-order valence-corrected chi connectivity index (χ1v) is 8.91. The van der Waals surface area contributed by atoms with Gasteiger partial charge in [0.25, 0.3) is 0 Å². The number of sulfonamides is 1. The molecule has 6 heteroatoms. The van der Waals surface area contributed by atoms with Gasteiger partial charge >= 0.3 is 0 Å². The van der Waals surface area contributed by atoms with Crippen LogP contribution in [0.5, 0.6) is 0 Å². The SMILES string of the molecule is CCCCC(C)NS(=O)(=O)c1ccc(Br)cc1Br. The van der Waals surface area contributed by atoms with E-state index in [0.717, 1.165) is 23.7 Å². The zero-order chi connectivity index (χ0) is 13.8. The molecule has 1 atom stereocenters. The summed E-state index contributed by atoms with van der Waals surface area (Å²) in [6.07, 6.45) is 2.93. The molecule has 0 saturated carbocycles. The van der Waals surface area contributed by atoms with Gasteiger partial charge in [-0.05, 0) is 47.5 Å². The highest BCUT2D eigenvalue weighted by molar-refractivity contribution is 9.11. The van der Waals surface area contributed by atoms with Crippen molar-refractivity contribution in [2.45, 2.75) is 44.0 Å². The molecule has 3 nitrogen and oxygen atoms in total. The van der Waals surface area contributed by atoms with E-state index in [1.54, 1.807) is 18.2 Å². The Morgan fingerprint density at radius 3 is 2.56 bits per heavy atom. The van der Waals surface area contributed by atoms with Crippen LogP contribution in [-0.2, 0) is 10.0 Å². The van der Waals surface area contributed by atoms with Crippen LogP contribution in [0.1, 0.15) is 33.1 Å². The second kappa shape index (κ2) is 7.03. The molecule has 0 radical (unpaired) electrons. The zero-order valence-electron chi connectivity index (χ0n) is 10.4. The van der Waals surface area contributed by atoms with Gasteiger partial charge in [-0.3, -0.25) is 0 Å². The van der Waals surface area contributed by atoms with Crippen LogP contribution in [0, 0.1) is 0 Å². The zero-order valence-corrected chi connectivity index (χ0v) is 14.4. The van der Waals surface area contributed by atoms with E-state index in [1.807, 2.05) is 6.92 Å². The lowest BCUT2D eigenvalue weighted by Gasteiger charge is -2.14. The third kappa shape index (κ3) is 4.64. The monoisotopic (exact) mass is 397 g/mol. The van der Waals surface area contributed by atoms with Crippen LogP contribution in [0.4, 0.5) is 0 Å². The lowest BCUT2D eigenvalue weighted by atomic mass is 10.2. The van der Waals surface area contributed by atoms with Gasteiger partial charge in [-0.15, -0.1) is 0 Å². The van der Waals surface area contributed by atoms with Gasteiger partial charge in [0.15, 0.2) is 0 Å². The summed E-state index contributed by atoms with van der Waals surface area (Å²) in [5.41, 5.74) is 0. The predicted octanol–water partition coefficient (Wildman–Crippen LogP) is 4.07. The molecule has 0 bridgehead atoms. The van der Waals surface area contributed by atoms with Crippen LogP contribution in [-0.4, -0.2) is 14.5 Å². The normalized spacial score (nSPS) is 13.6. The Kier molecular flexibility index (Phi) is 6.30. The van der Waals surface area contributed by atoms with Crippen LogP contribution in [0.15, 0.2) is 32.0 Å². The van der Waals surface area contributed by atoms with Gasteiger partial charge in [0.1, 0.15) is 0 Å². The molecule has 0 amide bonds. The van der Waals surface area contributed by atoms with Crippen molar-refractivity contribution in [3.63, 3.8) is 0 Å². The topological polar surface area (TPSA) is 46.2 Å². The van der Waals surface area contributed by atoms with Gasteiger partial charge in [-0.25, -0.2) is 13.1 Å². The Morgan fingerprint density at radius 2 is 2.00 bits per heavy atom. The molecule has 0 aliphatic rings. The van der Waals surface area contributed by atoms with Gasteiger partial charge in [-0.1, -0.05) is 35.7 Å². The fraction of sp³-hybridized carbons (Fsp3) is 0.500. The van der Waals surface area contributed by atoms with E-state index < -0.39 is 10.0 Å². The molecule has 1 rings (SSSR count). The van der Waals surface area contributed by atoms with Gasteiger partial charge < -0.3 is 0 Å². The van der Waals surface area contributed by atoms with E-state index in [9.17, 15) is 8.42 Å². The number of unbranched alkanes of at least 4 members (excludes halogenated alkanes) is 1. The summed E-state index contributed by atoms with van der Waals surface area (Å²) in [4.78, 5) is 0.272. The first-order chi connectivity index (χ1) is 8.36. The average molecular weight is 399 g/mol. The van der Waals surface area contributed by atoms with Crippen LogP contribution in [0.2, 0.25) is 0 Å². The Bertz CT molecular complexity index is 503. The largest absolute Gasteiger partial charge is 0.241 e. The molecule has 0 heterocycles. The van der Waals surface area contributed by atoms with E-state index in [-0.39, 0.29) is 10.9 Å². The summed E-state index contributed by atoms with van der Waals surface area (Å²) in [6, 6.07) is 4.98. The lowest BCUT2D eigenvalue weighted by molar-refractivity contribution is 0.534. The Balaban J connectivity index is 2.86. The highest BCUT2D eigenvalue weighted by Crippen LogP contribution is 2.25. The van der Waals surface area contributed by atoms with Crippen LogP contribution in [0.3, 0.4) is 0 Å². The molecule has 102 valence electrons. The maximum atomic E-state index is 12.2. The molecule has 1 aromatic rings. The minimum atomic E-state index is -3.46. The highest BCUT2D eigenvalue weighted by atomic mass is 79.9. The van der Waals surface area contributed by atoms with E-state index in [4.69, 9.17) is 0 Å². The standard InChI is InChI=1S/C12H17Br2NO2S/c1-3-4-5-9(2)15-18(16,17)12-7-6-10(13)8-11(12)14/h6-9,15H,3-5H2,1-2H3. The van der Waals surface area contributed by atoms with Crippen LogP contribution >= 0.6 is 31.9 Å². The summed E-state index contributed by atoms with van der Waals surface area (Å²) in [5, 5.41) is 0. The average Bonchev–Trinajstić information content (AvgIpc) is 2.25. The van der Waals surface area contributed by atoms with E-state index in [0.29, 0.717) is 4.47 Å². The predicted molar refractivity (Wildman–Crippen MR) is 81.2 cm³/mol. The molecular formula is C12H17Br2NO2S. The Labute approximate surface area is 126 Å². The third-order valence-electron chi connectivity index (χ3n) is 2.53. The van der Waals surface area contributed by atoms with Gasteiger partial charge in [-0.2, -0.15) is 0 Å². The lowest BCUT2D eigenvalue weighted by Crippen LogP contribution is -2.32. The Morgan fingerprint density at radius 1 is 1.33 bits per heavy atom. The minimum absolute atomic E-state index is 0.0505. The van der Waals surface area contributed by atoms with Crippen molar-refractivity contribution in [3.8, 4) is 0 Å². The molecule has 1 N–H and O–H groups in total. The van der Waals surface area contributed by atoms with Gasteiger partial charge in [0.2, 0.25) is 10.0 Å². The molecule has 1 unspecified atom stereocenters.